The van der Waals surface area contributed by atoms with Crippen molar-refractivity contribution in [2.45, 2.75) is 6.42 Å². The maximum atomic E-state index is 11.9. The second-order valence-corrected chi connectivity index (χ2v) is 4.87. The molecule has 1 amide bonds. The molecule has 0 radical (unpaired) electrons. The smallest absolute Gasteiger partial charge is 0.225 e. The van der Waals surface area contributed by atoms with Crippen LogP contribution >= 0.6 is 0 Å². The zero-order valence-electron chi connectivity index (χ0n) is 11.6. The number of aromatic amines is 1. The van der Waals surface area contributed by atoms with Crippen molar-refractivity contribution in [3.8, 4) is 11.3 Å². The van der Waals surface area contributed by atoms with Crippen molar-refractivity contribution < 1.29 is 4.79 Å². The van der Waals surface area contributed by atoms with E-state index in [-0.39, 0.29) is 5.91 Å². The molecule has 0 saturated heterocycles. The van der Waals surface area contributed by atoms with Crippen molar-refractivity contribution >= 4 is 22.5 Å². The van der Waals surface area contributed by atoms with Crippen molar-refractivity contribution in [2.75, 3.05) is 11.9 Å². The predicted molar refractivity (Wildman–Crippen MR) is 86.0 cm³/mol. The molecule has 0 aliphatic heterocycles. The summed E-state index contributed by atoms with van der Waals surface area (Å²) in [4.78, 5) is 15.3. The number of hydrogen-bond acceptors (Lipinski definition) is 2. The molecule has 4 nitrogen and oxygen atoms in total. The maximum Gasteiger partial charge on any atom is 0.225 e. The van der Waals surface area contributed by atoms with E-state index in [2.05, 4.69) is 10.3 Å². The van der Waals surface area contributed by atoms with Crippen molar-refractivity contribution in [1.82, 2.24) is 4.98 Å². The molecule has 1 heterocycles. The number of nitrogens with two attached hydrogens (primary N) is 1. The molecule has 3 rings (SSSR count). The number of carbonyl (C=O) groups excluding carboxylic acids is 1. The summed E-state index contributed by atoms with van der Waals surface area (Å²) in [6.45, 7) is 0.342. The SMILES string of the molecule is NCCC(=O)Nc1c(-c2ccccc2)[nH]c2ccccc12. The number of carbonyl (C=O) groups is 1. The fraction of sp³-hybridized carbons (Fsp3) is 0.118. The van der Waals surface area contributed by atoms with Crippen LogP contribution in [-0.2, 0) is 4.79 Å². The van der Waals surface area contributed by atoms with E-state index in [4.69, 9.17) is 5.73 Å². The van der Waals surface area contributed by atoms with Crippen LogP contribution in [0.25, 0.3) is 22.2 Å². The summed E-state index contributed by atoms with van der Waals surface area (Å²) in [5.74, 6) is -0.0700. The van der Waals surface area contributed by atoms with E-state index in [1.165, 1.54) is 0 Å². The van der Waals surface area contributed by atoms with E-state index in [1.54, 1.807) is 0 Å². The lowest BCUT2D eigenvalue weighted by Gasteiger charge is -2.07. The predicted octanol–water partition coefficient (Wildman–Crippen LogP) is 3.12. The molecule has 0 unspecified atom stereocenters. The van der Waals surface area contributed by atoms with Crippen LogP contribution in [0, 0.1) is 0 Å². The minimum absolute atomic E-state index is 0.0700. The Bertz CT molecular complexity index is 762. The van der Waals surface area contributed by atoms with Crippen molar-refractivity contribution in [3.63, 3.8) is 0 Å². The minimum atomic E-state index is -0.0700. The summed E-state index contributed by atoms with van der Waals surface area (Å²) >= 11 is 0. The van der Waals surface area contributed by atoms with Gasteiger partial charge in [0.1, 0.15) is 0 Å². The number of para-hydroxylation sites is 1. The molecule has 0 bridgehead atoms. The van der Waals surface area contributed by atoms with E-state index < -0.39 is 0 Å². The summed E-state index contributed by atoms with van der Waals surface area (Å²) in [7, 11) is 0. The van der Waals surface area contributed by atoms with Crippen LogP contribution in [0.4, 0.5) is 5.69 Å². The van der Waals surface area contributed by atoms with Crippen molar-refractivity contribution in [2.24, 2.45) is 5.73 Å². The Kier molecular flexibility index (Phi) is 3.71. The van der Waals surface area contributed by atoms with Gasteiger partial charge in [-0.2, -0.15) is 0 Å². The Morgan fingerprint density at radius 2 is 1.76 bits per heavy atom. The molecule has 0 spiro atoms. The van der Waals surface area contributed by atoms with Gasteiger partial charge in [-0.3, -0.25) is 4.79 Å². The molecular formula is C17H17N3O. The number of rotatable bonds is 4. The molecule has 4 N–H and O–H groups in total. The molecule has 0 saturated carbocycles. The molecule has 0 atom stereocenters. The van der Waals surface area contributed by atoms with Crippen molar-refractivity contribution in [1.29, 1.82) is 0 Å². The quantitative estimate of drug-likeness (QED) is 0.686. The Labute approximate surface area is 123 Å². The molecule has 3 aromatic rings. The third-order valence-electron chi connectivity index (χ3n) is 3.40. The monoisotopic (exact) mass is 279 g/mol. The maximum absolute atomic E-state index is 11.9. The zero-order valence-corrected chi connectivity index (χ0v) is 11.6. The number of amides is 1. The first kappa shape index (κ1) is 13.4. The van der Waals surface area contributed by atoms with Gasteiger partial charge in [-0.05, 0) is 6.07 Å². The Hall–Kier alpha value is -2.59. The molecule has 2 aromatic carbocycles. The summed E-state index contributed by atoms with van der Waals surface area (Å²) in [6, 6.07) is 17.9. The Morgan fingerprint density at radius 1 is 1.05 bits per heavy atom. The summed E-state index contributed by atoms with van der Waals surface area (Å²) in [5.41, 5.74) is 9.22. The third-order valence-corrected chi connectivity index (χ3v) is 3.40. The van der Waals surface area contributed by atoms with Crippen LogP contribution < -0.4 is 11.1 Å². The second kappa shape index (κ2) is 5.81. The van der Waals surface area contributed by atoms with Gasteiger partial charge in [-0.25, -0.2) is 0 Å². The van der Waals surface area contributed by atoms with Gasteiger partial charge >= 0.3 is 0 Å². The highest BCUT2D eigenvalue weighted by Crippen LogP contribution is 2.34. The average Bonchev–Trinajstić information content (AvgIpc) is 2.87. The Balaban J connectivity index is 2.12. The van der Waals surface area contributed by atoms with Crippen LogP contribution in [0.1, 0.15) is 6.42 Å². The van der Waals surface area contributed by atoms with Gasteiger partial charge in [0.25, 0.3) is 0 Å². The van der Waals surface area contributed by atoms with Gasteiger partial charge in [0.05, 0.1) is 11.4 Å². The topological polar surface area (TPSA) is 70.9 Å². The van der Waals surface area contributed by atoms with E-state index in [0.717, 1.165) is 27.8 Å². The van der Waals surface area contributed by atoms with Gasteiger partial charge in [0.2, 0.25) is 5.91 Å². The number of benzene rings is 2. The number of H-pyrrole nitrogens is 1. The highest BCUT2D eigenvalue weighted by atomic mass is 16.1. The van der Waals surface area contributed by atoms with Crippen LogP contribution in [0.2, 0.25) is 0 Å². The first-order valence-corrected chi connectivity index (χ1v) is 6.95. The molecule has 4 heteroatoms. The first-order chi connectivity index (χ1) is 10.3. The number of anilines is 1. The molecule has 106 valence electrons. The third kappa shape index (κ3) is 2.66. The molecule has 0 aliphatic rings. The van der Waals surface area contributed by atoms with Crippen LogP contribution in [0.5, 0.6) is 0 Å². The number of aromatic nitrogens is 1. The standard InChI is InChI=1S/C17H17N3O/c18-11-10-15(21)20-17-13-8-4-5-9-14(13)19-16(17)12-6-2-1-3-7-12/h1-9,19H,10-11,18H2,(H,20,21). The van der Waals surface area contributed by atoms with Gasteiger partial charge in [0.15, 0.2) is 0 Å². The van der Waals surface area contributed by atoms with Gasteiger partial charge in [0, 0.05) is 29.4 Å². The van der Waals surface area contributed by atoms with Gasteiger partial charge < -0.3 is 16.0 Å². The van der Waals surface area contributed by atoms with Crippen LogP contribution in [0.15, 0.2) is 54.6 Å². The number of nitrogens with one attached hydrogen (secondary N) is 2. The highest BCUT2D eigenvalue weighted by Gasteiger charge is 2.14. The lowest BCUT2D eigenvalue weighted by atomic mass is 10.1. The zero-order chi connectivity index (χ0) is 14.7. The molecule has 1 aromatic heterocycles. The first-order valence-electron chi connectivity index (χ1n) is 6.95. The number of fused-ring (bicyclic) bond motifs is 1. The molecular weight excluding hydrogens is 262 g/mol. The summed E-state index contributed by atoms with van der Waals surface area (Å²) < 4.78 is 0. The van der Waals surface area contributed by atoms with Crippen LogP contribution in [0.3, 0.4) is 0 Å². The van der Waals surface area contributed by atoms with Gasteiger partial charge in [-0.1, -0.05) is 48.5 Å². The van der Waals surface area contributed by atoms with Gasteiger partial charge in [-0.15, -0.1) is 0 Å². The highest BCUT2D eigenvalue weighted by molar-refractivity contribution is 6.07. The Morgan fingerprint density at radius 3 is 2.52 bits per heavy atom. The van der Waals surface area contributed by atoms with E-state index >= 15 is 0 Å². The second-order valence-electron chi connectivity index (χ2n) is 4.87. The van der Waals surface area contributed by atoms with E-state index in [9.17, 15) is 4.79 Å². The van der Waals surface area contributed by atoms with Crippen molar-refractivity contribution in [3.05, 3.63) is 54.6 Å². The summed E-state index contributed by atoms with van der Waals surface area (Å²) in [5, 5.41) is 3.98. The lowest BCUT2D eigenvalue weighted by Crippen LogP contribution is -2.16. The molecule has 0 fully saturated rings. The van der Waals surface area contributed by atoms with E-state index in [0.29, 0.717) is 13.0 Å². The fourth-order valence-electron chi connectivity index (χ4n) is 2.43. The van der Waals surface area contributed by atoms with Crippen LogP contribution in [-0.4, -0.2) is 17.4 Å². The summed E-state index contributed by atoms with van der Waals surface area (Å²) in [6.07, 6.45) is 0.313. The largest absolute Gasteiger partial charge is 0.353 e. The fourth-order valence-corrected chi connectivity index (χ4v) is 2.43. The number of hydrogen-bond donors (Lipinski definition) is 3. The average molecular weight is 279 g/mol. The molecule has 0 aliphatic carbocycles. The lowest BCUT2D eigenvalue weighted by molar-refractivity contribution is -0.116. The van der Waals surface area contributed by atoms with E-state index in [1.807, 2.05) is 54.6 Å². The molecule has 21 heavy (non-hydrogen) atoms. The minimum Gasteiger partial charge on any atom is -0.353 e. The normalized spacial score (nSPS) is 10.7.